The second-order valence-corrected chi connectivity index (χ2v) is 6.26. The fourth-order valence-electron chi connectivity index (χ4n) is 3.17. The lowest BCUT2D eigenvalue weighted by Gasteiger charge is -2.19. The lowest BCUT2D eigenvalue weighted by Crippen LogP contribution is -2.35. The van der Waals surface area contributed by atoms with E-state index >= 15 is 0 Å². The van der Waals surface area contributed by atoms with Crippen molar-refractivity contribution in [3.05, 3.63) is 54.5 Å². The molecule has 1 aromatic carbocycles. The van der Waals surface area contributed by atoms with Crippen molar-refractivity contribution in [1.82, 2.24) is 25.1 Å². The molecule has 25 heavy (non-hydrogen) atoms. The average molecular weight is 337 g/mol. The minimum atomic E-state index is -0.486. The van der Waals surface area contributed by atoms with Gasteiger partial charge in [-0.25, -0.2) is 0 Å². The van der Waals surface area contributed by atoms with Gasteiger partial charge in [-0.2, -0.15) is 4.80 Å². The zero-order chi connectivity index (χ0) is 17.2. The van der Waals surface area contributed by atoms with Gasteiger partial charge in [0.1, 0.15) is 11.8 Å². The van der Waals surface area contributed by atoms with Crippen molar-refractivity contribution in [2.24, 2.45) is 0 Å². The maximum absolute atomic E-state index is 12.8. The van der Waals surface area contributed by atoms with E-state index < -0.39 is 6.04 Å². The summed E-state index contributed by atoms with van der Waals surface area (Å²) in [6, 6.07) is 13.0. The summed E-state index contributed by atoms with van der Waals surface area (Å²) in [5, 5.41) is 12.5. The van der Waals surface area contributed by atoms with E-state index in [0.717, 1.165) is 24.3 Å². The molecule has 0 radical (unpaired) electrons. The third kappa shape index (κ3) is 3.05. The summed E-state index contributed by atoms with van der Waals surface area (Å²) >= 11 is 0. The summed E-state index contributed by atoms with van der Waals surface area (Å²) in [5.41, 5.74) is 0.882. The number of likely N-dealkylation sites (tertiary alicyclic amines) is 1. The molecule has 128 valence electrons. The van der Waals surface area contributed by atoms with Crippen LogP contribution in [-0.2, 0) is 4.79 Å². The van der Waals surface area contributed by atoms with E-state index in [1.54, 1.807) is 13.2 Å². The molecule has 0 saturated carbocycles. The molecule has 1 aliphatic rings. The standard InChI is InChI=1S/C18H19N5O2/c1-13(23-20-17(19-21-23)14-6-3-2-4-7-14)18(24)22-10-9-15(12-22)16-8-5-11-25-16/h2-8,11,13,15H,9-10,12H2,1H3/t13-,15-/m0/s1. The number of nitrogens with zero attached hydrogens (tertiary/aromatic N) is 5. The van der Waals surface area contributed by atoms with Crippen molar-refractivity contribution in [1.29, 1.82) is 0 Å². The van der Waals surface area contributed by atoms with Crippen molar-refractivity contribution in [3.8, 4) is 11.4 Å². The van der Waals surface area contributed by atoms with E-state index in [1.807, 2.05) is 47.4 Å². The van der Waals surface area contributed by atoms with Gasteiger partial charge in [0.25, 0.3) is 0 Å². The minimum absolute atomic E-state index is 0.00562. The van der Waals surface area contributed by atoms with Crippen LogP contribution in [0.1, 0.15) is 31.1 Å². The van der Waals surface area contributed by atoms with Gasteiger partial charge in [-0.3, -0.25) is 4.79 Å². The predicted octanol–water partition coefficient (Wildman–Crippen LogP) is 2.51. The van der Waals surface area contributed by atoms with E-state index in [4.69, 9.17) is 4.42 Å². The first-order valence-corrected chi connectivity index (χ1v) is 8.39. The Morgan fingerprint density at radius 1 is 1.24 bits per heavy atom. The maximum Gasteiger partial charge on any atom is 0.249 e. The highest BCUT2D eigenvalue weighted by Gasteiger charge is 2.32. The fourth-order valence-corrected chi connectivity index (χ4v) is 3.17. The van der Waals surface area contributed by atoms with E-state index in [-0.39, 0.29) is 11.8 Å². The summed E-state index contributed by atoms with van der Waals surface area (Å²) in [6.45, 7) is 3.19. The van der Waals surface area contributed by atoms with Crippen LogP contribution >= 0.6 is 0 Å². The van der Waals surface area contributed by atoms with Crippen molar-refractivity contribution < 1.29 is 9.21 Å². The molecule has 7 heteroatoms. The van der Waals surface area contributed by atoms with Gasteiger partial charge in [-0.15, -0.1) is 10.2 Å². The number of carbonyl (C=O) groups is 1. The van der Waals surface area contributed by atoms with E-state index in [9.17, 15) is 4.79 Å². The van der Waals surface area contributed by atoms with Crippen LogP contribution in [0, 0.1) is 0 Å². The summed E-state index contributed by atoms with van der Waals surface area (Å²) in [7, 11) is 0. The Morgan fingerprint density at radius 2 is 2.08 bits per heavy atom. The molecular formula is C18H19N5O2. The van der Waals surface area contributed by atoms with Crippen LogP contribution in [0.4, 0.5) is 0 Å². The lowest BCUT2D eigenvalue weighted by molar-refractivity contribution is -0.133. The quantitative estimate of drug-likeness (QED) is 0.731. The molecule has 4 rings (SSSR count). The van der Waals surface area contributed by atoms with Crippen LogP contribution in [0.5, 0.6) is 0 Å². The van der Waals surface area contributed by atoms with Crippen LogP contribution in [0.2, 0.25) is 0 Å². The van der Waals surface area contributed by atoms with E-state index in [0.29, 0.717) is 12.4 Å². The zero-order valence-corrected chi connectivity index (χ0v) is 13.9. The van der Waals surface area contributed by atoms with Gasteiger partial charge in [-0.1, -0.05) is 30.3 Å². The number of furan rings is 1. The van der Waals surface area contributed by atoms with Gasteiger partial charge in [0, 0.05) is 24.6 Å². The second-order valence-electron chi connectivity index (χ2n) is 6.26. The highest BCUT2D eigenvalue weighted by Crippen LogP contribution is 2.28. The number of tetrazole rings is 1. The average Bonchev–Trinajstić information content (AvgIpc) is 3.42. The smallest absolute Gasteiger partial charge is 0.249 e. The molecule has 0 bridgehead atoms. The van der Waals surface area contributed by atoms with E-state index in [2.05, 4.69) is 15.4 Å². The zero-order valence-electron chi connectivity index (χ0n) is 13.9. The highest BCUT2D eigenvalue weighted by atomic mass is 16.3. The van der Waals surface area contributed by atoms with Gasteiger partial charge < -0.3 is 9.32 Å². The van der Waals surface area contributed by atoms with Crippen LogP contribution in [0.3, 0.4) is 0 Å². The second kappa shape index (κ2) is 6.51. The van der Waals surface area contributed by atoms with Crippen molar-refractivity contribution in [2.75, 3.05) is 13.1 Å². The summed E-state index contributed by atoms with van der Waals surface area (Å²) < 4.78 is 5.47. The molecule has 3 aromatic rings. The Balaban J connectivity index is 1.45. The molecule has 3 heterocycles. The molecule has 0 N–H and O–H groups in total. The molecule has 0 unspecified atom stereocenters. The Hall–Kier alpha value is -2.96. The molecule has 2 aromatic heterocycles. The molecule has 1 amide bonds. The van der Waals surface area contributed by atoms with E-state index in [1.165, 1.54) is 4.80 Å². The van der Waals surface area contributed by atoms with Crippen LogP contribution in [-0.4, -0.2) is 44.1 Å². The Kier molecular flexibility index (Phi) is 4.05. The predicted molar refractivity (Wildman–Crippen MR) is 90.6 cm³/mol. The Morgan fingerprint density at radius 3 is 2.84 bits per heavy atom. The van der Waals surface area contributed by atoms with Gasteiger partial charge in [0.15, 0.2) is 0 Å². The van der Waals surface area contributed by atoms with Gasteiger partial charge >= 0.3 is 0 Å². The van der Waals surface area contributed by atoms with Crippen molar-refractivity contribution in [3.63, 3.8) is 0 Å². The number of aromatic nitrogens is 4. The number of rotatable bonds is 4. The Bertz CT molecular complexity index is 844. The third-order valence-electron chi connectivity index (χ3n) is 4.61. The Labute approximate surface area is 145 Å². The minimum Gasteiger partial charge on any atom is -0.469 e. The molecule has 1 saturated heterocycles. The van der Waals surface area contributed by atoms with Gasteiger partial charge in [0.05, 0.1) is 6.26 Å². The summed E-state index contributed by atoms with van der Waals surface area (Å²) in [5.74, 6) is 1.73. The van der Waals surface area contributed by atoms with Gasteiger partial charge in [-0.05, 0) is 30.7 Å². The number of hydrogen-bond donors (Lipinski definition) is 0. The van der Waals surface area contributed by atoms with Crippen LogP contribution in [0.25, 0.3) is 11.4 Å². The first kappa shape index (κ1) is 15.6. The summed E-state index contributed by atoms with van der Waals surface area (Å²) in [4.78, 5) is 16.0. The third-order valence-corrected chi connectivity index (χ3v) is 4.61. The topological polar surface area (TPSA) is 77.0 Å². The maximum atomic E-state index is 12.8. The first-order chi connectivity index (χ1) is 12.2. The molecular weight excluding hydrogens is 318 g/mol. The molecule has 7 nitrogen and oxygen atoms in total. The molecule has 1 fully saturated rings. The van der Waals surface area contributed by atoms with Gasteiger partial charge in [0.2, 0.25) is 11.7 Å². The summed E-state index contributed by atoms with van der Waals surface area (Å²) in [6.07, 6.45) is 2.58. The van der Waals surface area contributed by atoms with Crippen molar-refractivity contribution >= 4 is 5.91 Å². The fraction of sp³-hybridized carbons (Fsp3) is 0.333. The molecule has 0 spiro atoms. The number of hydrogen-bond acceptors (Lipinski definition) is 5. The SMILES string of the molecule is C[C@@H](C(=O)N1CC[C@H](c2ccco2)C1)n1nnc(-c2ccccc2)n1. The number of carbonyl (C=O) groups excluding carboxylic acids is 1. The number of amides is 1. The molecule has 2 atom stereocenters. The normalized spacial score (nSPS) is 18.4. The highest BCUT2D eigenvalue weighted by molar-refractivity contribution is 5.80. The first-order valence-electron chi connectivity index (χ1n) is 8.39. The van der Waals surface area contributed by atoms with Crippen LogP contribution in [0.15, 0.2) is 53.1 Å². The lowest BCUT2D eigenvalue weighted by atomic mass is 10.1. The van der Waals surface area contributed by atoms with Crippen LogP contribution < -0.4 is 0 Å². The molecule has 1 aliphatic heterocycles. The number of benzene rings is 1. The molecule has 0 aliphatic carbocycles. The van der Waals surface area contributed by atoms with Crippen molar-refractivity contribution in [2.45, 2.75) is 25.3 Å². The monoisotopic (exact) mass is 337 g/mol. The largest absolute Gasteiger partial charge is 0.469 e.